The number of nitrogens with zero attached hydrogens (tertiary/aromatic N) is 4. The first kappa shape index (κ1) is 19.7. The molecule has 0 aliphatic rings. The number of nitriles is 1. The molecular weight excluding hydrogens is 416 g/mol. The summed E-state index contributed by atoms with van der Waals surface area (Å²) in [5, 5.41) is 10.2. The molecule has 0 atom stereocenters. The van der Waals surface area contributed by atoms with Gasteiger partial charge in [0, 0.05) is 7.05 Å². The zero-order valence-electron chi connectivity index (χ0n) is 17.3. The van der Waals surface area contributed by atoms with E-state index in [1.165, 1.54) is 11.3 Å². The molecule has 3 aromatic carbocycles. The molecular formula is C26H18N4OS. The van der Waals surface area contributed by atoms with E-state index in [2.05, 4.69) is 6.07 Å². The molecule has 0 N–H and O–H groups in total. The van der Waals surface area contributed by atoms with Crippen LogP contribution >= 0.6 is 11.3 Å². The molecule has 0 radical (unpaired) electrons. The van der Waals surface area contributed by atoms with Crippen LogP contribution in [0.2, 0.25) is 0 Å². The number of aryl methyl sites for hydroxylation is 1. The highest BCUT2D eigenvalue weighted by Crippen LogP contribution is 2.19. The maximum Gasteiger partial charge on any atom is 0.273 e. The Kier molecular flexibility index (Phi) is 5.02. The van der Waals surface area contributed by atoms with Crippen molar-refractivity contribution in [2.75, 3.05) is 0 Å². The Hall–Kier alpha value is -4.21. The molecule has 6 heteroatoms. The third-order valence-corrected chi connectivity index (χ3v) is 6.36. The van der Waals surface area contributed by atoms with E-state index >= 15 is 0 Å². The van der Waals surface area contributed by atoms with Crippen molar-refractivity contribution in [3.63, 3.8) is 0 Å². The molecule has 154 valence electrons. The number of fused-ring (bicyclic) bond motifs is 1. The van der Waals surface area contributed by atoms with Crippen LogP contribution in [0.3, 0.4) is 0 Å². The highest BCUT2D eigenvalue weighted by Gasteiger charge is 2.17. The van der Waals surface area contributed by atoms with Crippen molar-refractivity contribution in [1.29, 1.82) is 5.26 Å². The molecule has 0 bridgehead atoms. The summed E-state index contributed by atoms with van der Waals surface area (Å²) >= 11 is 1.30. The molecule has 0 unspecified atom stereocenters. The Labute approximate surface area is 188 Å². The van der Waals surface area contributed by atoms with E-state index in [0.29, 0.717) is 26.3 Å². The fourth-order valence-corrected chi connectivity index (χ4v) is 4.83. The van der Waals surface area contributed by atoms with Gasteiger partial charge in [0.1, 0.15) is 16.3 Å². The first-order valence-corrected chi connectivity index (χ1v) is 10.9. The molecule has 5 aromatic rings. The third kappa shape index (κ3) is 3.35. The molecule has 0 fully saturated rings. The van der Waals surface area contributed by atoms with Crippen molar-refractivity contribution >= 4 is 34.0 Å². The molecule has 0 aliphatic heterocycles. The van der Waals surface area contributed by atoms with Crippen molar-refractivity contribution < 1.29 is 0 Å². The van der Waals surface area contributed by atoms with Crippen LogP contribution in [0.25, 0.3) is 28.4 Å². The van der Waals surface area contributed by atoms with E-state index in [9.17, 15) is 10.1 Å². The number of rotatable bonds is 3. The number of benzene rings is 3. The van der Waals surface area contributed by atoms with Crippen LogP contribution in [0.15, 0.2) is 89.7 Å². The average Bonchev–Trinajstić information content (AvgIpc) is 3.33. The predicted molar refractivity (Wildman–Crippen MR) is 128 cm³/mol. The quantitative estimate of drug-likeness (QED) is 0.438. The van der Waals surface area contributed by atoms with Crippen molar-refractivity contribution in [3.05, 3.63) is 116 Å². The van der Waals surface area contributed by atoms with E-state index < -0.39 is 0 Å². The Balaban J connectivity index is 1.90. The van der Waals surface area contributed by atoms with Crippen molar-refractivity contribution in [1.82, 2.24) is 14.1 Å². The molecule has 5 nitrogen and oxygen atoms in total. The van der Waals surface area contributed by atoms with Gasteiger partial charge in [-0.2, -0.15) is 5.26 Å². The Morgan fingerprint density at radius 2 is 1.62 bits per heavy atom. The lowest BCUT2D eigenvalue weighted by Gasteiger charge is -2.04. The van der Waals surface area contributed by atoms with Gasteiger partial charge in [-0.3, -0.25) is 9.36 Å². The molecule has 5 rings (SSSR count). The molecule has 0 saturated heterocycles. The minimum absolute atomic E-state index is 0.161. The standard InChI is InChI=1S/C26H18N4OS/c1-29-22-15-9-8-14-21(22)28-24(29)20(17-27)26-30(19-12-6-3-7-13-19)25(31)23(32-26)16-18-10-4-2-5-11-18/h2-16H,1H3. The van der Waals surface area contributed by atoms with Crippen molar-refractivity contribution in [2.45, 2.75) is 0 Å². The first-order valence-electron chi connectivity index (χ1n) is 10.1. The zero-order valence-corrected chi connectivity index (χ0v) is 18.1. The Morgan fingerprint density at radius 3 is 2.31 bits per heavy atom. The molecule has 2 aromatic heterocycles. The third-order valence-electron chi connectivity index (χ3n) is 5.27. The summed E-state index contributed by atoms with van der Waals surface area (Å²) in [6.45, 7) is 0. The molecule has 0 aliphatic carbocycles. The summed E-state index contributed by atoms with van der Waals surface area (Å²) in [6, 6.07) is 29.2. The Morgan fingerprint density at radius 1 is 0.969 bits per heavy atom. The van der Waals surface area contributed by atoms with Crippen molar-refractivity contribution in [3.8, 4) is 11.8 Å². The van der Waals surface area contributed by atoms with E-state index in [4.69, 9.17) is 4.98 Å². The summed E-state index contributed by atoms with van der Waals surface area (Å²) in [5.41, 5.74) is 3.58. The maximum atomic E-state index is 13.5. The predicted octanol–water partition coefficient (Wildman–Crippen LogP) is 3.34. The van der Waals surface area contributed by atoms with Gasteiger partial charge in [-0.05, 0) is 35.9 Å². The number of imidazole rings is 1. The lowest BCUT2D eigenvalue weighted by atomic mass is 10.2. The van der Waals surface area contributed by atoms with Gasteiger partial charge in [0.05, 0.1) is 21.3 Å². The fourth-order valence-electron chi connectivity index (χ4n) is 3.72. The maximum absolute atomic E-state index is 13.5. The van der Waals surface area contributed by atoms with E-state index in [-0.39, 0.29) is 5.56 Å². The van der Waals surface area contributed by atoms with Gasteiger partial charge < -0.3 is 4.57 Å². The molecule has 0 amide bonds. The van der Waals surface area contributed by atoms with E-state index in [0.717, 1.165) is 16.6 Å². The summed E-state index contributed by atoms with van der Waals surface area (Å²) < 4.78 is 4.62. The lowest BCUT2D eigenvalue weighted by Crippen LogP contribution is -2.31. The fraction of sp³-hybridized carbons (Fsp3) is 0.0385. The van der Waals surface area contributed by atoms with E-state index in [1.54, 1.807) is 4.57 Å². The molecule has 0 saturated carbocycles. The number of aromatic nitrogens is 3. The zero-order chi connectivity index (χ0) is 22.1. The monoisotopic (exact) mass is 434 g/mol. The Bertz CT molecular complexity index is 1650. The van der Waals surface area contributed by atoms with Gasteiger partial charge in [0.25, 0.3) is 5.56 Å². The van der Waals surface area contributed by atoms with Gasteiger partial charge in [0.15, 0.2) is 5.82 Å². The van der Waals surface area contributed by atoms with Gasteiger partial charge in [-0.25, -0.2) is 4.98 Å². The SMILES string of the molecule is Cn1c(C(C#N)=c2sc(=Cc3ccccc3)c(=O)n2-c2ccccc2)nc2ccccc21. The summed E-state index contributed by atoms with van der Waals surface area (Å²) in [4.78, 5) is 18.2. The van der Waals surface area contributed by atoms with Crippen LogP contribution in [0.5, 0.6) is 0 Å². The first-order chi connectivity index (χ1) is 15.7. The lowest BCUT2D eigenvalue weighted by molar-refractivity contribution is 0.915. The second kappa shape index (κ2) is 8.14. The normalized spacial score (nSPS) is 12.7. The molecule has 32 heavy (non-hydrogen) atoms. The number of para-hydroxylation sites is 3. The highest BCUT2D eigenvalue weighted by molar-refractivity contribution is 7.07. The number of hydrogen-bond donors (Lipinski definition) is 0. The van der Waals surface area contributed by atoms with Gasteiger partial charge in [-0.1, -0.05) is 60.7 Å². The topological polar surface area (TPSA) is 63.6 Å². The van der Waals surface area contributed by atoms with E-state index in [1.807, 2.05) is 103 Å². The minimum Gasteiger partial charge on any atom is -0.326 e. The second-order valence-corrected chi connectivity index (χ2v) is 8.30. The van der Waals surface area contributed by atoms with Crippen LogP contribution in [0.4, 0.5) is 0 Å². The van der Waals surface area contributed by atoms with Crippen LogP contribution in [0, 0.1) is 11.3 Å². The van der Waals surface area contributed by atoms with Crippen LogP contribution in [-0.4, -0.2) is 14.1 Å². The highest BCUT2D eigenvalue weighted by atomic mass is 32.1. The van der Waals surface area contributed by atoms with Crippen LogP contribution in [-0.2, 0) is 7.05 Å². The second-order valence-electron chi connectivity index (χ2n) is 7.27. The largest absolute Gasteiger partial charge is 0.326 e. The smallest absolute Gasteiger partial charge is 0.273 e. The summed E-state index contributed by atoms with van der Waals surface area (Å²) in [6.07, 6.45) is 1.86. The summed E-state index contributed by atoms with van der Waals surface area (Å²) in [5.74, 6) is 0.533. The average molecular weight is 435 g/mol. The number of thiazole rings is 1. The van der Waals surface area contributed by atoms with Crippen molar-refractivity contribution in [2.24, 2.45) is 7.05 Å². The van der Waals surface area contributed by atoms with Crippen LogP contribution in [0.1, 0.15) is 11.4 Å². The van der Waals surface area contributed by atoms with Gasteiger partial charge >= 0.3 is 0 Å². The van der Waals surface area contributed by atoms with Gasteiger partial charge in [0.2, 0.25) is 0 Å². The molecule has 0 spiro atoms. The van der Waals surface area contributed by atoms with Gasteiger partial charge in [-0.15, -0.1) is 11.3 Å². The van der Waals surface area contributed by atoms with Crippen LogP contribution < -0.4 is 14.8 Å². The summed E-state index contributed by atoms with van der Waals surface area (Å²) in [7, 11) is 1.89. The minimum atomic E-state index is -0.161. The molecule has 2 heterocycles. The number of hydrogen-bond acceptors (Lipinski definition) is 4.